The lowest BCUT2D eigenvalue weighted by Gasteiger charge is -2.10. The van der Waals surface area contributed by atoms with Crippen molar-refractivity contribution in [3.05, 3.63) is 46.5 Å². The summed E-state index contributed by atoms with van der Waals surface area (Å²) in [7, 11) is 0. The van der Waals surface area contributed by atoms with Crippen molar-refractivity contribution in [1.82, 2.24) is 10.3 Å². The van der Waals surface area contributed by atoms with E-state index in [0.717, 1.165) is 17.0 Å². The molecular weight excluding hydrogens is 355 g/mol. The molecule has 0 aliphatic carbocycles. The van der Waals surface area contributed by atoms with Crippen molar-refractivity contribution in [2.24, 2.45) is 0 Å². The van der Waals surface area contributed by atoms with Gasteiger partial charge in [-0.1, -0.05) is 12.1 Å². The summed E-state index contributed by atoms with van der Waals surface area (Å²) in [6.07, 6.45) is -2.39. The van der Waals surface area contributed by atoms with Crippen molar-refractivity contribution in [3.63, 3.8) is 0 Å². The molecule has 0 saturated carbocycles. The Kier molecular flexibility index (Phi) is 5.78. The van der Waals surface area contributed by atoms with Crippen molar-refractivity contribution in [1.29, 1.82) is 0 Å². The highest BCUT2D eigenvalue weighted by molar-refractivity contribution is 7.15. The Labute approximate surface area is 146 Å². The van der Waals surface area contributed by atoms with E-state index in [2.05, 4.69) is 15.6 Å². The van der Waals surface area contributed by atoms with Crippen molar-refractivity contribution in [2.45, 2.75) is 32.5 Å². The van der Waals surface area contributed by atoms with Gasteiger partial charge in [0.15, 0.2) is 5.13 Å². The monoisotopic (exact) mass is 371 g/mol. The number of carbonyl (C=O) groups is 2. The van der Waals surface area contributed by atoms with Gasteiger partial charge in [0.05, 0.1) is 5.56 Å². The quantitative estimate of drug-likeness (QED) is 0.848. The number of benzene rings is 1. The molecule has 2 N–H and O–H groups in total. The van der Waals surface area contributed by atoms with Crippen LogP contribution in [0.5, 0.6) is 0 Å². The molecule has 0 unspecified atom stereocenters. The molecule has 1 atom stereocenters. The molecule has 0 saturated heterocycles. The van der Waals surface area contributed by atoms with Gasteiger partial charge in [0.25, 0.3) is 0 Å². The van der Waals surface area contributed by atoms with E-state index in [1.807, 2.05) is 0 Å². The van der Waals surface area contributed by atoms with Gasteiger partial charge in [0.2, 0.25) is 11.8 Å². The van der Waals surface area contributed by atoms with Gasteiger partial charge in [-0.25, -0.2) is 4.98 Å². The van der Waals surface area contributed by atoms with Gasteiger partial charge in [0, 0.05) is 24.4 Å². The molecule has 0 radical (unpaired) electrons. The maximum Gasteiger partial charge on any atom is 0.416 e. The fourth-order valence-electron chi connectivity index (χ4n) is 2.04. The zero-order valence-corrected chi connectivity index (χ0v) is 14.3. The second-order valence-corrected chi connectivity index (χ2v) is 6.53. The fourth-order valence-corrected chi connectivity index (χ4v) is 2.89. The first kappa shape index (κ1) is 18.9. The van der Waals surface area contributed by atoms with Gasteiger partial charge >= 0.3 is 6.18 Å². The van der Waals surface area contributed by atoms with E-state index in [-0.39, 0.29) is 5.91 Å². The SMILES string of the molecule is CC(=O)N[C@@H](C)C(=O)Nc1ncc(Cc2ccc(C(F)(F)F)cc2)s1. The van der Waals surface area contributed by atoms with Crippen molar-refractivity contribution < 1.29 is 22.8 Å². The summed E-state index contributed by atoms with van der Waals surface area (Å²) in [5.74, 6) is -0.713. The maximum atomic E-state index is 12.5. The van der Waals surface area contributed by atoms with Gasteiger partial charge in [-0.2, -0.15) is 13.2 Å². The number of aromatic nitrogens is 1. The average Bonchev–Trinajstić information content (AvgIpc) is 2.93. The van der Waals surface area contributed by atoms with Gasteiger partial charge in [-0.05, 0) is 24.6 Å². The van der Waals surface area contributed by atoms with Gasteiger partial charge in [-0.3, -0.25) is 9.59 Å². The molecular formula is C16H16F3N3O2S. The van der Waals surface area contributed by atoms with Crippen LogP contribution >= 0.6 is 11.3 Å². The lowest BCUT2D eigenvalue weighted by molar-refractivity contribution is -0.137. The van der Waals surface area contributed by atoms with E-state index in [1.54, 1.807) is 13.1 Å². The van der Waals surface area contributed by atoms with E-state index in [1.165, 1.54) is 30.4 Å². The number of alkyl halides is 3. The fraction of sp³-hybridized carbons (Fsp3) is 0.312. The number of hydrogen-bond donors (Lipinski definition) is 2. The predicted molar refractivity (Wildman–Crippen MR) is 88.3 cm³/mol. The molecule has 0 aliphatic heterocycles. The predicted octanol–water partition coefficient (Wildman–Crippen LogP) is 3.22. The van der Waals surface area contributed by atoms with Crippen LogP contribution in [0.3, 0.4) is 0 Å². The Bertz CT molecular complexity index is 757. The molecule has 0 fully saturated rings. The van der Waals surface area contributed by atoms with E-state index in [0.29, 0.717) is 17.1 Å². The van der Waals surface area contributed by atoms with Crippen LogP contribution in [-0.4, -0.2) is 22.8 Å². The molecule has 1 aromatic heterocycles. The number of rotatable bonds is 5. The second-order valence-electron chi connectivity index (χ2n) is 5.41. The number of halogens is 3. The van der Waals surface area contributed by atoms with Crippen molar-refractivity contribution >= 4 is 28.3 Å². The molecule has 0 bridgehead atoms. The lowest BCUT2D eigenvalue weighted by Crippen LogP contribution is -2.40. The lowest BCUT2D eigenvalue weighted by atomic mass is 10.1. The summed E-state index contributed by atoms with van der Waals surface area (Å²) in [5, 5.41) is 5.41. The molecule has 2 amide bonds. The van der Waals surface area contributed by atoms with E-state index < -0.39 is 23.7 Å². The number of anilines is 1. The first-order valence-corrected chi connectivity index (χ1v) is 8.15. The summed E-state index contributed by atoms with van der Waals surface area (Å²) in [4.78, 5) is 27.7. The molecule has 0 spiro atoms. The van der Waals surface area contributed by atoms with Crippen molar-refractivity contribution in [3.8, 4) is 0 Å². The van der Waals surface area contributed by atoms with Crippen LogP contribution in [-0.2, 0) is 22.2 Å². The zero-order valence-electron chi connectivity index (χ0n) is 13.5. The van der Waals surface area contributed by atoms with E-state index >= 15 is 0 Å². The molecule has 9 heteroatoms. The molecule has 25 heavy (non-hydrogen) atoms. The summed E-state index contributed by atoms with van der Waals surface area (Å²) in [5.41, 5.74) is 0.0154. The van der Waals surface area contributed by atoms with Crippen LogP contribution < -0.4 is 10.6 Å². The first-order valence-electron chi connectivity index (χ1n) is 7.34. The summed E-state index contributed by atoms with van der Waals surface area (Å²) in [6.45, 7) is 2.86. The van der Waals surface area contributed by atoms with Crippen LogP contribution in [0, 0.1) is 0 Å². The number of hydrogen-bond acceptors (Lipinski definition) is 4. The molecule has 2 aromatic rings. The summed E-state index contributed by atoms with van der Waals surface area (Å²) >= 11 is 1.22. The number of carbonyl (C=O) groups excluding carboxylic acids is 2. The minimum atomic E-state index is -4.36. The Morgan fingerprint density at radius 1 is 1.24 bits per heavy atom. The van der Waals surface area contributed by atoms with Gasteiger partial charge < -0.3 is 10.6 Å². The third kappa shape index (κ3) is 5.56. The summed E-state index contributed by atoms with van der Waals surface area (Å²) in [6, 6.07) is 4.21. The molecule has 134 valence electrons. The Morgan fingerprint density at radius 2 is 1.88 bits per heavy atom. The molecule has 1 heterocycles. The van der Waals surface area contributed by atoms with Gasteiger partial charge in [-0.15, -0.1) is 11.3 Å². The van der Waals surface area contributed by atoms with Crippen LogP contribution in [0.1, 0.15) is 29.9 Å². The van der Waals surface area contributed by atoms with E-state index in [4.69, 9.17) is 0 Å². The maximum absolute atomic E-state index is 12.5. The van der Waals surface area contributed by atoms with Crippen LogP contribution in [0.25, 0.3) is 0 Å². The topological polar surface area (TPSA) is 71.1 Å². The number of nitrogens with zero attached hydrogens (tertiary/aromatic N) is 1. The highest BCUT2D eigenvalue weighted by Gasteiger charge is 2.29. The van der Waals surface area contributed by atoms with Crippen LogP contribution in [0.4, 0.5) is 18.3 Å². The minimum absolute atomic E-state index is 0.315. The Morgan fingerprint density at radius 3 is 2.44 bits per heavy atom. The highest BCUT2D eigenvalue weighted by Crippen LogP contribution is 2.29. The third-order valence-electron chi connectivity index (χ3n) is 3.26. The number of amides is 2. The smallest absolute Gasteiger partial charge is 0.345 e. The molecule has 5 nitrogen and oxygen atoms in total. The highest BCUT2D eigenvalue weighted by atomic mass is 32.1. The van der Waals surface area contributed by atoms with Gasteiger partial charge in [0.1, 0.15) is 6.04 Å². The molecule has 2 rings (SSSR count). The van der Waals surface area contributed by atoms with Crippen molar-refractivity contribution in [2.75, 3.05) is 5.32 Å². The summed E-state index contributed by atoms with van der Waals surface area (Å²) < 4.78 is 37.6. The Hall–Kier alpha value is -2.42. The average molecular weight is 371 g/mol. The number of thiazole rings is 1. The van der Waals surface area contributed by atoms with Crippen LogP contribution in [0.15, 0.2) is 30.5 Å². The minimum Gasteiger partial charge on any atom is -0.345 e. The zero-order chi connectivity index (χ0) is 18.6. The first-order chi connectivity index (χ1) is 11.6. The standard InChI is InChI=1S/C16H16F3N3O2S/c1-9(21-10(2)23)14(24)22-15-20-8-13(25-15)7-11-3-5-12(6-4-11)16(17,18)19/h3-6,8-9H,7H2,1-2H3,(H,21,23)(H,20,22,24)/t9-/m0/s1. The number of nitrogens with one attached hydrogen (secondary N) is 2. The third-order valence-corrected chi connectivity index (χ3v) is 4.17. The second kappa shape index (κ2) is 7.64. The molecule has 1 aromatic carbocycles. The largest absolute Gasteiger partial charge is 0.416 e. The normalized spacial score (nSPS) is 12.5. The van der Waals surface area contributed by atoms with Crippen LogP contribution in [0.2, 0.25) is 0 Å². The Balaban J connectivity index is 1.97. The van der Waals surface area contributed by atoms with E-state index in [9.17, 15) is 22.8 Å². The molecule has 0 aliphatic rings.